The number of aromatic nitrogens is 3. The van der Waals surface area contributed by atoms with Gasteiger partial charge in [-0.2, -0.15) is 0 Å². The van der Waals surface area contributed by atoms with Crippen molar-refractivity contribution < 1.29 is 14.3 Å². The molecule has 0 saturated carbocycles. The number of halogens is 2. The van der Waals surface area contributed by atoms with Gasteiger partial charge in [-0.15, -0.1) is 0 Å². The molecular formula is C15H10ClFN4O2. The summed E-state index contributed by atoms with van der Waals surface area (Å²) >= 11 is 6.02. The maximum Gasteiger partial charge on any atom is 0.337 e. The molecule has 8 heteroatoms. The first-order valence-corrected chi connectivity index (χ1v) is 6.84. The molecule has 3 rings (SSSR count). The average molecular weight is 333 g/mol. The van der Waals surface area contributed by atoms with E-state index in [0.717, 1.165) is 6.07 Å². The summed E-state index contributed by atoms with van der Waals surface area (Å²) in [5, 5.41) is 9.49. The van der Waals surface area contributed by atoms with Crippen molar-refractivity contribution in [1.82, 2.24) is 15.0 Å². The number of aromatic amines is 1. The third-order valence-corrected chi connectivity index (χ3v) is 3.51. The minimum atomic E-state index is -1.15. The molecule has 0 aliphatic carbocycles. The highest BCUT2D eigenvalue weighted by Crippen LogP contribution is 2.33. The molecule has 6 nitrogen and oxygen atoms in total. The van der Waals surface area contributed by atoms with Crippen molar-refractivity contribution in [2.75, 3.05) is 5.73 Å². The van der Waals surface area contributed by atoms with E-state index in [1.165, 1.54) is 24.4 Å². The summed E-state index contributed by atoms with van der Waals surface area (Å²) in [4.78, 5) is 22.3. The van der Waals surface area contributed by atoms with E-state index in [9.17, 15) is 14.3 Å². The van der Waals surface area contributed by atoms with E-state index in [1.54, 1.807) is 6.07 Å². The molecule has 0 saturated heterocycles. The quantitative estimate of drug-likeness (QED) is 0.683. The van der Waals surface area contributed by atoms with Gasteiger partial charge in [0.2, 0.25) is 5.95 Å². The molecule has 0 atom stereocenters. The molecule has 0 spiro atoms. The van der Waals surface area contributed by atoms with Crippen LogP contribution in [0.25, 0.3) is 22.6 Å². The number of nitrogens with zero attached hydrogens (tertiary/aromatic N) is 2. The number of nitrogens with two attached hydrogens (primary N) is 1. The van der Waals surface area contributed by atoms with Crippen LogP contribution in [0.5, 0.6) is 0 Å². The molecule has 0 aliphatic rings. The van der Waals surface area contributed by atoms with Crippen molar-refractivity contribution in [3.8, 4) is 22.6 Å². The van der Waals surface area contributed by atoms with E-state index in [2.05, 4.69) is 15.0 Å². The predicted octanol–water partition coefficient (Wildman–Crippen LogP) is 3.21. The third-order valence-electron chi connectivity index (χ3n) is 3.20. The lowest BCUT2D eigenvalue weighted by atomic mass is 10.1. The van der Waals surface area contributed by atoms with Crippen LogP contribution in [-0.2, 0) is 0 Å². The summed E-state index contributed by atoms with van der Waals surface area (Å²) in [7, 11) is 0. The second-order valence-electron chi connectivity index (χ2n) is 4.70. The van der Waals surface area contributed by atoms with Crippen LogP contribution in [0.3, 0.4) is 0 Å². The zero-order chi connectivity index (χ0) is 16.6. The number of carbonyl (C=O) groups is 1. The highest BCUT2D eigenvalue weighted by molar-refractivity contribution is 6.33. The summed E-state index contributed by atoms with van der Waals surface area (Å²) in [5.74, 6) is -1.59. The van der Waals surface area contributed by atoms with Crippen molar-refractivity contribution >= 4 is 23.5 Å². The van der Waals surface area contributed by atoms with E-state index in [0.29, 0.717) is 17.0 Å². The molecule has 116 valence electrons. The Balaban J connectivity index is 2.19. The zero-order valence-electron chi connectivity index (χ0n) is 11.5. The fourth-order valence-electron chi connectivity index (χ4n) is 2.19. The fourth-order valence-corrected chi connectivity index (χ4v) is 2.45. The van der Waals surface area contributed by atoms with Gasteiger partial charge in [-0.05, 0) is 30.3 Å². The van der Waals surface area contributed by atoms with E-state index in [1.807, 2.05) is 0 Å². The Bertz CT molecular complexity index is 910. The van der Waals surface area contributed by atoms with Gasteiger partial charge < -0.3 is 15.8 Å². The topological polar surface area (TPSA) is 105 Å². The Morgan fingerprint density at radius 3 is 2.74 bits per heavy atom. The lowest BCUT2D eigenvalue weighted by Gasteiger charge is -2.04. The van der Waals surface area contributed by atoms with Gasteiger partial charge in [-0.3, -0.25) is 0 Å². The average Bonchev–Trinajstić information content (AvgIpc) is 2.92. The summed E-state index contributed by atoms with van der Waals surface area (Å²) in [6.07, 6.45) is 1.46. The standard InChI is InChI=1S/C15H10ClFN4O2/c16-10-5-7(17)1-2-8(10)13-9(14(22)23)6-12(20-13)11-3-4-19-15(18)21-11/h1-6,20H,(H,22,23)(H2,18,19,21). The van der Waals surface area contributed by atoms with E-state index < -0.39 is 11.8 Å². The van der Waals surface area contributed by atoms with Crippen molar-refractivity contribution in [3.63, 3.8) is 0 Å². The predicted molar refractivity (Wildman–Crippen MR) is 83.6 cm³/mol. The summed E-state index contributed by atoms with van der Waals surface area (Å²) in [5.41, 5.74) is 7.03. The molecule has 23 heavy (non-hydrogen) atoms. The molecule has 1 aromatic carbocycles. The Hall–Kier alpha value is -2.93. The molecule has 0 bridgehead atoms. The van der Waals surface area contributed by atoms with Crippen LogP contribution in [0, 0.1) is 5.82 Å². The Labute approximate surface area is 134 Å². The van der Waals surface area contributed by atoms with Gasteiger partial charge in [-0.1, -0.05) is 11.6 Å². The molecule has 0 unspecified atom stereocenters. The molecule has 0 radical (unpaired) electrons. The molecule has 3 aromatic rings. The van der Waals surface area contributed by atoms with Crippen LogP contribution < -0.4 is 5.73 Å². The van der Waals surface area contributed by atoms with E-state index in [4.69, 9.17) is 17.3 Å². The number of benzene rings is 1. The van der Waals surface area contributed by atoms with Crippen LogP contribution in [0.2, 0.25) is 5.02 Å². The number of nitrogen functional groups attached to an aromatic ring is 1. The summed E-state index contributed by atoms with van der Waals surface area (Å²) in [6.45, 7) is 0. The number of aromatic carboxylic acids is 1. The van der Waals surface area contributed by atoms with Crippen LogP contribution >= 0.6 is 11.6 Å². The van der Waals surface area contributed by atoms with Gasteiger partial charge in [-0.25, -0.2) is 19.2 Å². The lowest BCUT2D eigenvalue weighted by Crippen LogP contribution is -1.97. The highest BCUT2D eigenvalue weighted by atomic mass is 35.5. The van der Waals surface area contributed by atoms with Crippen molar-refractivity contribution in [2.45, 2.75) is 0 Å². The molecular weight excluding hydrogens is 323 g/mol. The number of carboxylic acid groups (broad SMARTS) is 1. The third kappa shape index (κ3) is 2.86. The summed E-state index contributed by atoms with van der Waals surface area (Å²) in [6, 6.07) is 6.73. The van der Waals surface area contributed by atoms with Crippen molar-refractivity contribution in [2.24, 2.45) is 0 Å². The Morgan fingerprint density at radius 2 is 2.09 bits per heavy atom. The first-order valence-electron chi connectivity index (χ1n) is 6.46. The van der Waals surface area contributed by atoms with Gasteiger partial charge in [0.1, 0.15) is 5.82 Å². The second kappa shape index (κ2) is 5.69. The molecule has 2 aromatic heterocycles. The number of hydrogen-bond acceptors (Lipinski definition) is 4. The Kier molecular flexibility index (Phi) is 3.71. The van der Waals surface area contributed by atoms with Crippen LogP contribution in [0.4, 0.5) is 10.3 Å². The van der Waals surface area contributed by atoms with Crippen molar-refractivity contribution in [3.05, 3.63) is 52.9 Å². The van der Waals surface area contributed by atoms with Gasteiger partial charge in [0.05, 0.1) is 27.7 Å². The second-order valence-corrected chi connectivity index (χ2v) is 5.11. The number of carboxylic acids is 1. The van der Waals surface area contributed by atoms with Gasteiger partial charge in [0.15, 0.2) is 0 Å². The van der Waals surface area contributed by atoms with E-state index in [-0.39, 0.29) is 22.2 Å². The van der Waals surface area contributed by atoms with Gasteiger partial charge >= 0.3 is 5.97 Å². The summed E-state index contributed by atoms with van der Waals surface area (Å²) < 4.78 is 13.2. The maximum atomic E-state index is 13.2. The molecule has 4 N–H and O–H groups in total. The normalized spacial score (nSPS) is 10.7. The number of nitrogens with one attached hydrogen (secondary N) is 1. The number of rotatable bonds is 3. The minimum Gasteiger partial charge on any atom is -0.478 e. The minimum absolute atomic E-state index is 0.00862. The monoisotopic (exact) mass is 332 g/mol. The fraction of sp³-hybridized carbons (Fsp3) is 0. The Morgan fingerprint density at radius 1 is 1.30 bits per heavy atom. The molecule has 0 amide bonds. The smallest absolute Gasteiger partial charge is 0.337 e. The number of hydrogen-bond donors (Lipinski definition) is 3. The molecule has 2 heterocycles. The molecule has 0 fully saturated rings. The first kappa shape index (κ1) is 15.0. The zero-order valence-corrected chi connectivity index (χ0v) is 12.3. The van der Waals surface area contributed by atoms with Crippen LogP contribution in [0.15, 0.2) is 36.5 Å². The van der Waals surface area contributed by atoms with Crippen LogP contribution in [-0.4, -0.2) is 26.0 Å². The lowest BCUT2D eigenvalue weighted by molar-refractivity contribution is 0.0698. The van der Waals surface area contributed by atoms with E-state index >= 15 is 0 Å². The molecule has 0 aliphatic heterocycles. The highest BCUT2D eigenvalue weighted by Gasteiger charge is 2.19. The van der Waals surface area contributed by atoms with Crippen molar-refractivity contribution in [1.29, 1.82) is 0 Å². The largest absolute Gasteiger partial charge is 0.478 e. The number of anilines is 1. The SMILES string of the molecule is Nc1nccc(-c2cc(C(=O)O)c(-c3ccc(F)cc3Cl)[nH]2)n1. The maximum absolute atomic E-state index is 13.2. The van der Waals surface area contributed by atoms with Gasteiger partial charge in [0, 0.05) is 11.8 Å². The van der Waals surface area contributed by atoms with Gasteiger partial charge in [0.25, 0.3) is 0 Å². The first-order chi connectivity index (χ1) is 11.0. The number of H-pyrrole nitrogens is 1. The van der Waals surface area contributed by atoms with Crippen LogP contribution in [0.1, 0.15) is 10.4 Å².